The molecule has 0 aliphatic rings. The molecule has 2 heteroatoms. The van der Waals surface area contributed by atoms with Gasteiger partial charge in [0.05, 0.1) is 0 Å². The van der Waals surface area contributed by atoms with E-state index >= 15 is 0 Å². The predicted molar refractivity (Wildman–Crippen MR) is 94.8 cm³/mol. The van der Waals surface area contributed by atoms with E-state index in [9.17, 15) is 4.79 Å². The molecule has 0 aromatic heterocycles. The van der Waals surface area contributed by atoms with Crippen LogP contribution in [0.5, 0.6) is 0 Å². The number of esters is 1. The fourth-order valence-corrected chi connectivity index (χ4v) is 2.00. The average molecular weight is 309 g/mol. The summed E-state index contributed by atoms with van der Waals surface area (Å²) in [6.07, 6.45) is 8.12. The van der Waals surface area contributed by atoms with Crippen molar-refractivity contribution in [1.29, 1.82) is 0 Å². The van der Waals surface area contributed by atoms with Crippen LogP contribution >= 0.6 is 0 Å². The Hall–Kier alpha value is -1.01. The highest BCUT2D eigenvalue weighted by atomic mass is 16.5. The SMILES string of the molecule is CCCCC(C)(C)C=C=C(C)CCCC(=O)OC(C)C(C)C. The molecular formula is C20H36O2. The van der Waals surface area contributed by atoms with E-state index in [2.05, 4.69) is 53.3 Å². The number of carbonyl (C=O) groups is 1. The fraction of sp³-hybridized carbons (Fsp3) is 0.800. The number of unbranched alkanes of at least 4 members (excludes halogenated alkanes) is 1. The first-order valence-corrected chi connectivity index (χ1v) is 8.80. The van der Waals surface area contributed by atoms with Gasteiger partial charge in [0.1, 0.15) is 6.10 Å². The van der Waals surface area contributed by atoms with Gasteiger partial charge in [-0.15, -0.1) is 5.73 Å². The quantitative estimate of drug-likeness (QED) is 0.362. The van der Waals surface area contributed by atoms with Crippen LogP contribution in [0.15, 0.2) is 17.4 Å². The van der Waals surface area contributed by atoms with Crippen LogP contribution in [-0.2, 0) is 9.53 Å². The molecule has 0 heterocycles. The fourth-order valence-electron chi connectivity index (χ4n) is 2.00. The Morgan fingerprint density at radius 1 is 1.18 bits per heavy atom. The molecule has 1 unspecified atom stereocenters. The Balaban J connectivity index is 4.19. The topological polar surface area (TPSA) is 26.3 Å². The lowest BCUT2D eigenvalue weighted by molar-refractivity contribution is -0.150. The summed E-state index contributed by atoms with van der Waals surface area (Å²) in [6.45, 7) is 14.9. The van der Waals surface area contributed by atoms with Gasteiger partial charge >= 0.3 is 5.97 Å². The summed E-state index contributed by atoms with van der Waals surface area (Å²) < 4.78 is 5.38. The largest absolute Gasteiger partial charge is 0.462 e. The molecule has 22 heavy (non-hydrogen) atoms. The maximum Gasteiger partial charge on any atom is 0.306 e. The molecule has 0 aromatic rings. The Kier molecular flexibility index (Phi) is 10.2. The Labute approximate surface area is 138 Å². The van der Waals surface area contributed by atoms with Crippen molar-refractivity contribution in [3.8, 4) is 0 Å². The van der Waals surface area contributed by atoms with Crippen LogP contribution in [0, 0.1) is 11.3 Å². The lowest BCUT2D eigenvalue weighted by Crippen LogP contribution is -2.19. The lowest BCUT2D eigenvalue weighted by Gasteiger charge is -2.18. The predicted octanol–water partition coefficient (Wildman–Crippen LogP) is 6.06. The van der Waals surface area contributed by atoms with Crippen molar-refractivity contribution in [3.05, 3.63) is 17.4 Å². The number of rotatable bonds is 10. The highest BCUT2D eigenvalue weighted by Crippen LogP contribution is 2.24. The minimum atomic E-state index is -0.0822. The molecule has 2 nitrogen and oxygen atoms in total. The Bertz CT molecular complexity index is 385. The van der Waals surface area contributed by atoms with E-state index in [0.717, 1.165) is 12.8 Å². The summed E-state index contributed by atoms with van der Waals surface area (Å²) in [5.41, 5.74) is 4.83. The van der Waals surface area contributed by atoms with Crippen LogP contribution in [0.2, 0.25) is 0 Å². The summed E-state index contributed by atoms with van der Waals surface area (Å²) in [5.74, 6) is 0.292. The normalized spacial score (nSPS) is 12.7. The van der Waals surface area contributed by atoms with Crippen molar-refractivity contribution in [2.75, 3.05) is 0 Å². The third-order valence-corrected chi connectivity index (χ3v) is 4.07. The summed E-state index contributed by atoms with van der Waals surface area (Å²) >= 11 is 0. The van der Waals surface area contributed by atoms with E-state index in [1.54, 1.807) is 0 Å². The highest BCUT2D eigenvalue weighted by molar-refractivity contribution is 5.69. The van der Waals surface area contributed by atoms with Crippen molar-refractivity contribution in [2.45, 2.75) is 93.1 Å². The highest BCUT2D eigenvalue weighted by Gasteiger charge is 2.13. The van der Waals surface area contributed by atoms with Crippen LogP contribution in [0.4, 0.5) is 0 Å². The first-order chi connectivity index (χ1) is 10.2. The monoisotopic (exact) mass is 308 g/mol. The number of ether oxygens (including phenoxy) is 1. The van der Waals surface area contributed by atoms with Gasteiger partial charge < -0.3 is 4.74 Å². The van der Waals surface area contributed by atoms with Gasteiger partial charge in [0, 0.05) is 6.42 Å². The van der Waals surface area contributed by atoms with Gasteiger partial charge in [-0.3, -0.25) is 4.79 Å². The molecule has 0 saturated heterocycles. The zero-order valence-electron chi connectivity index (χ0n) is 15.8. The average Bonchev–Trinajstić information content (AvgIpc) is 2.43. The van der Waals surface area contributed by atoms with Crippen LogP contribution in [0.3, 0.4) is 0 Å². The van der Waals surface area contributed by atoms with Gasteiger partial charge in [0.15, 0.2) is 0 Å². The molecule has 0 bridgehead atoms. The third-order valence-electron chi connectivity index (χ3n) is 4.07. The standard InChI is InChI=1S/C20H36O2/c1-8-9-14-20(6,7)15-13-17(4)11-10-12-19(21)22-18(5)16(2)3/h15-16,18H,8-12,14H2,1-7H3. The molecule has 1 atom stereocenters. The van der Waals surface area contributed by atoms with E-state index in [1.807, 2.05) is 6.92 Å². The Morgan fingerprint density at radius 3 is 2.36 bits per heavy atom. The second-order valence-electron chi connectivity index (χ2n) is 7.45. The third kappa shape index (κ3) is 10.7. The van der Waals surface area contributed by atoms with E-state index in [4.69, 9.17) is 4.74 Å². The van der Waals surface area contributed by atoms with Crippen LogP contribution in [-0.4, -0.2) is 12.1 Å². The molecule has 0 saturated carbocycles. The van der Waals surface area contributed by atoms with Crippen molar-refractivity contribution >= 4 is 5.97 Å². The van der Waals surface area contributed by atoms with Crippen molar-refractivity contribution < 1.29 is 9.53 Å². The summed E-state index contributed by atoms with van der Waals surface area (Å²) in [4.78, 5) is 11.7. The molecule has 0 aliphatic carbocycles. The summed E-state index contributed by atoms with van der Waals surface area (Å²) in [7, 11) is 0. The van der Waals surface area contributed by atoms with E-state index in [0.29, 0.717) is 12.3 Å². The summed E-state index contributed by atoms with van der Waals surface area (Å²) in [6, 6.07) is 0. The van der Waals surface area contributed by atoms with Gasteiger partial charge in [-0.2, -0.15) is 0 Å². The van der Waals surface area contributed by atoms with E-state index in [1.165, 1.54) is 24.8 Å². The second-order valence-corrected chi connectivity index (χ2v) is 7.45. The molecule has 0 N–H and O–H groups in total. The lowest BCUT2D eigenvalue weighted by atomic mass is 9.87. The molecule has 0 spiro atoms. The molecular weight excluding hydrogens is 272 g/mol. The second kappa shape index (κ2) is 10.7. The smallest absolute Gasteiger partial charge is 0.306 e. The number of allylic oxidation sites excluding steroid dienone is 1. The molecule has 0 radical (unpaired) electrons. The number of hydrogen-bond donors (Lipinski definition) is 0. The van der Waals surface area contributed by atoms with Crippen LogP contribution < -0.4 is 0 Å². The van der Waals surface area contributed by atoms with Crippen LogP contribution in [0.25, 0.3) is 0 Å². The molecule has 128 valence electrons. The minimum Gasteiger partial charge on any atom is -0.462 e. The number of hydrogen-bond acceptors (Lipinski definition) is 2. The van der Waals surface area contributed by atoms with Gasteiger partial charge in [-0.1, -0.05) is 47.5 Å². The number of carbonyl (C=O) groups excluding carboxylic acids is 1. The first-order valence-electron chi connectivity index (χ1n) is 8.80. The van der Waals surface area contributed by atoms with Gasteiger partial charge in [-0.05, 0) is 56.1 Å². The van der Waals surface area contributed by atoms with Gasteiger partial charge in [0.25, 0.3) is 0 Å². The Morgan fingerprint density at radius 2 is 1.82 bits per heavy atom. The molecule has 0 fully saturated rings. The van der Waals surface area contributed by atoms with E-state index in [-0.39, 0.29) is 17.5 Å². The summed E-state index contributed by atoms with van der Waals surface area (Å²) in [5, 5.41) is 0. The van der Waals surface area contributed by atoms with Gasteiger partial charge in [-0.25, -0.2) is 0 Å². The minimum absolute atomic E-state index is 0.00315. The maximum absolute atomic E-state index is 11.7. The zero-order valence-corrected chi connectivity index (χ0v) is 15.8. The molecule has 0 aromatic carbocycles. The van der Waals surface area contributed by atoms with Gasteiger partial charge in [0.2, 0.25) is 0 Å². The first kappa shape index (κ1) is 21.0. The zero-order chi connectivity index (χ0) is 17.2. The molecule has 0 aliphatic heterocycles. The van der Waals surface area contributed by atoms with E-state index < -0.39 is 0 Å². The maximum atomic E-state index is 11.7. The molecule has 0 rings (SSSR count). The van der Waals surface area contributed by atoms with Crippen molar-refractivity contribution in [2.24, 2.45) is 11.3 Å². The van der Waals surface area contributed by atoms with Crippen molar-refractivity contribution in [3.63, 3.8) is 0 Å². The molecule has 0 amide bonds. The van der Waals surface area contributed by atoms with Crippen LogP contribution in [0.1, 0.15) is 87.0 Å². The van der Waals surface area contributed by atoms with Crippen molar-refractivity contribution in [1.82, 2.24) is 0 Å².